The number of rotatable bonds is 3. The molecule has 0 aliphatic rings. The highest BCUT2D eigenvalue weighted by atomic mass is 16.5. The van der Waals surface area contributed by atoms with Gasteiger partial charge in [-0.3, -0.25) is 0 Å². The zero-order valence-corrected chi connectivity index (χ0v) is 7.79. The molecule has 0 aromatic carbocycles. The van der Waals surface area contributed by atoms with Crippen molar-refractivity contribution < 1.29 is 4.52 Å². The van der Waals surface area contributed by atoms with Crippen molar-refractivity contribution in [2.75, 3.05) is 0 Å². The molecule has 1 aromatic rings. The molecule has 0 aliphatic carbocycles. The maximum atomic E-state index is 5.98. The Kier molecular flexibility index (Phi) is 2.47. The molecule has 68 valence electrons. The lowest BCUT2D eigenvalue weighted by Gasteiger charge is -2.18. The lowest BCUT2D eigenvalue weighted by molar-refractivity contribution is 0.354. The topological polar surface area (TPSA) is 64.9 Å². The van der Waals surface area contributed by atoms with Crippen LogP contribution in [0.15, 0.2) is 4.52 Å². The van der Waals surface area contributed by atoms with Gasteiger partial charge in [0.2, 0.25) is 5.89 Å². The average Bonchev–Trinajstić information content (AvgIpc) is 2.36. The normalized spacial score (nSPS) is 16.0. The smallest absolute Gasteiger partial charge is 0.223 e. The Labute approximate surface area is 72.1 Å². The van der Waals surface area contributed by atoms with Gasteiger partial charge in [-0.05, 0) is 13.3 Å². The maximum Gasteiger partial charge on any atom is 0.223 e. The molecule has 0 saturated heterocycles. The van der Waals surface area contributed by atoms with E-state index in [1.807, 2.05) is 6.92 Å². The van der Waals surface area contributed by atoms with Gasteiger partial charge in [-0.1, -0.05) is 18.5 Å². The Hall–Kier alpha value is -0.900. The van der Waals surface area contributed by atoms with Crippen molar-refractivity contribution >= 4 is 0 Å². The summed E-state index contributed by atoms with van der Waals surface area (Å²) < 4.78 is 4.86. The van der Waals surface area contributed by atoms with E-state index in [1.54, 1.807) is 6.92 Å². The van der Waals surface area contributed by atoms with E-state index in [0.717, 1.165) is 12.8 Å². The summed E-state index contributed by atoms with van der Waals surface area (Å²) in [4.78, 5) is 4.10. The van der Waals surface area contributed by atoms with Gasteiger partial charge in [0.1, 0.15) is 0 Å². The number of aryl methyl sites for hydroxylation is 1. The Morgan fingerprint density at radius 3 is 2.67 bits per heavy atom. The van der Waals surface area contributed by atoms with Gasteiger partial charge < -0.3 is 10.3 Å². The van der Waals surface area contributed by atoms with Gasteiger partial charge in [0.05, 0.1) is 5.54 Å². The van der Waals surface area contributed by atoms with Crippen molar-refractivity contribution in [3.05, 3.63) is 11.7 Å². The van der Waals surface area contributed by atoms with Crippen LogP contribution in [0.5, 0.6) is 0 Å². The first-order chi connectivity index (χ1) is 5.56. The molecule has 0 radical (unpaired) electrons. The largest absolute Gasteiger partial charge is 0.340 e. The van der Waals surface area contributed by atoms with Gasteiger partial charge in [0.25, 0.3) is 0 Å². The van der Waals surface area contributed by atoms with Gasteiger partial charge in [-0.15, -0.1) is 0 Å². The van der Waals surface area contributed by atoms with E-state index in [9.17, 15) is 0 Å². The molecule has 1 unspecified atom stereocenters. The van der Waals surface area contributed by atoms with Crippen molar-refractivity contribution in [2.24, 2.45) is 5.73 Å². The van der Waals surface area contributed by atoms with Crippen LogP contribution in [0, 0.1) is 6.92 Å². The van der Waals surface area contributed by atoms with E-state index in [0.29, 0.717) is 11.7 Å². The van der Waals surface area contributed by atoms with Gasteiger partial charge >= 0.3 is 0 Å². The van der Waals surface area contributed by atoms with Gasteiger partial charge in [-0.25, -0.2) is 0 Å². The van der Waals surface area contributed by atoms with Crippen LogP contribution in [-0.4, -0.2) is 10.1 Å². The van der Waals surface area contributed by atoms with E-state index in [4.69, 9.17) is 10.3 Å². The lowest BCUT2D eigenvalue weighted by atomic mass is 9.97. The molecule has 1 atom stereocenters. The maximum absolute atomic E-state index is 5.98. The van der Waals surface area contributed by atoms with Crippen LogP contribution < -0.4 is 5.73 Å². The minimum absolute atomic E-state index is 0.452. The Morgan fingerprint density at radius 1 is 1.58 bits per heavy atom. The molecule has 0 aliphatic heterocycles. The summed E-state index contributed by atoms with van der Waals surface area (Å²) in [6.45, 7) is 5.76. The average molecular weight is 169 g/mol. The second-order valence-electron chi connectivity index (χ2n) is 3.30. The van der Waals surface area contributed by atoms with Crippen molar-refractivity contribution in [3.63, 3.8) is 0 Å². The molecule has 0 fully saturated rings. The predicted molar refractivity (Wildman–Crippen MR) is 45.5 cm³/mol. The molecule has 0 saturated carbocycles. The first-order valence-corrected chi connectivity index (χ1v) is 4.16. The number of nitrogens with two attached hydrogens (primary N) is 1. The van der Waals surface area contributed by atoms with Crippen LogP contribution in [0.1, 0.15) is 38.4 Å². The zero-order chi connectivity index (χ0) is 9.19. The minimum atomic E-state index is -0.452. The quantitative estimate of drug-likeness (QED) is 0.741. The van der Waals surface area contributed by atoms with E-state index in [1.165, 1.54) is 0 Å². The van der Waals surface area contributed by atoms with E-state index >= 15 is 0 Å². The molecule has 1 rings (SSSR count). The number of hydrogen-bond donors (Lipinski definition) is 1. The highest BCUT2D eigenvalue weighted by molar-refractivity contribution is 5.00. The SMILES string of the molecule is CCCC(C)(N)c1noc(C)n1. The molecular weight excluding hydrogens is 154 g/mol. The lowest BCUT2D eigenvalue weighted by Crippen LogP contribution is -2.34. The fraction of sp³-hybridized carbons (Fsp3) is 0.750. The summed E-state index contributed by atoms with van der Waals surface area (Å²) in [5.41, 5.74) is 5.53. The molecule has 4 heteroatoms. The zero-order valence-electron chi connectivity index (χ0n) is 7.79. The van der Waals surface area contributed by atoms with E-state index in [-0.39, 0.29) is 0 Å². The molecule has 1 aromatic heterocycles. The van der Waals surface area contributed by atoms with Gasteiger partial charge in [0, 0.05) is 6.92 Å². The second-order valence-corrected chi connectivity index (χ2v) is 3.30. The Balaban J connectivity index is 2.81. The number of nitrogens with zero attached hydrogens (tertiary/aromatic N) is 2. The third-order valence-electron chi connectivity index (χ3n) is 1.81. The minimum Gasteiger partial charge on any atom is -0.340 e. The third kappa shape index (κ3) is 1.82. The molecule has 1 heterocycles. The van der Waals surface area contributed by atoms with Crippen LogP contribution in [0.2, 0.25) is 0 Å². The summed E-state index contributed by atoms with van der Waals surface area (Å²) in [6.07, 6.45) is 1.88. The van der Waals surface area contributed by atoms with Crippen LogP contribution >= 0.6 is 0 Å². The fourth-order valence-corrected chi connectivity index (χ4v) is 1.16. The molecule has 0 bridgehead atoms. The molecule has 0 spiro atoms. The van der Waals surface area contributed by atoms with Crippen molar-refractivity contribution in [2.45, 2.75) is 39.2 Å². The highest BCUT2D eigenvalue weighted by Crippen LogP contribution is 2.19. The number of hydrogen-bond acceptors (Lipinski definition) is 4. The Bertz CT molecular complexity index is 255. The van der Waals surface area contributed by atoms with Crippen LogP contribution in [0.25, 0.3) is 0 Å². The molecule has 4 nitrogen and oxygen atoms in total. The third-order valence-corrected chi connectivity index (χ3v) is 1.81. The van der Waals surface area contributed by atoms with Crippen LogP contribution in [0.3, 0.4) is 0 Å². The standard InChI is InChI=1S/C8H15N3O/c1-4-5-8(3,9)7-10-6(2)12-11-7/h4-5,9H2,1-3H3. The van der Waals surface area contributed by atoms with Crippen molar-refractivity contribution in [1.29, 1.82) is 0 Å². The highest BCUT2D eigenvalue weighted by Gasteiger charge is 2.25. The molecular formula is C8H15N3O. The van der Waals surface area contributed by atoms with Crippen molar-refractivity contribution in [1.82, 2.24) is 10.1 Å². The summed E-state index contributed by atoms with van der Waals surface area (Å²) in [7, 11) is 0. The van der Waals surface area contributed by atoms with E-state index < -0.39 is 5.54 Å². The molecule has 12 heavy (non-hydrogen) atoms. The van der Waals surface area contributed by atoms with Crippen LogP contribution in [0.4, 0.5) is 0 Å². The summed E-state index contributed by atoms with van der Waals surface area (Å²) in [5.74, 6) is 1.17. The first-order valence-electron chi connectivity index (χ1n) is 4.16. The first kappa shape index (κ1) is 9.19. The van der Waals surface area contributed by atoms with Gasteiger partial charge in [-0.2, -0.15) is 4.98 Å². The Morgan fingerprint density at radius 2 is 2.25 bits per heavy atom. The fourth-order valence-electron chi connectivity index (χ4n) is 1.16. The summed E-state index contributed by atoms with van der Waals surface area (Å²) in [5, 5.41) is 3.79. The van der Waals surface area contributed by atoms with Crippen LogP contribution in [-0.2, 0) is 5.54 Å². The summed E-state index contributed by atoms with van der Waals surface area (Å²) in [6, 6.07) is 0. The summed E-state index contributed by atoms with van der Waals surface area (Å²) >= 11 is 0. The monoisotopic (exact) mass is 169 g/mol. The number of aromatic nitrogens is 2. The predicted octanol–water partition coefficient (Wildman–Crippen LogP) is 1.35. The molecule has 0 amide bonds. The second kappa shape index (κ2) is 3.23. The molecule has 2 N–H and O–H groups in total. The van der Waals surface area contributed by atoms with E-state index in [2.05, 4.69) is 17.1 Å². The van der Waals surface area contributed by atoms with Gasteiger partial charge in [0.15, 0.2) is 5.82 Å². The van der Waals surface area contributed by atoms with Crippen molar-refractivity contribution in [3.8, 4) is 0 Å².